The number of fused-ring (bicyclic) bond motifs is 1. The Labute approximate surface area is 211 Å². The molecule has 36 heavy (non-hydrogen) atoms. The molecule has 1 amide bonds. The molecule has 0 bridgehead atoms. The molecule has 1 heterocycles. The van der Waals surface area contributed by atoms with Gasteiger partial charge in [0.25, 0.3) is 0 Å². The van der Waals surface area contributed by atoms with Crippen molar-refractivity contribution < 1.29 is 18.0 Å². The van der Waals surface area contributed by atoms with Crippen LogP contribution in [0.15, 0.2) is 67.8 Å². The van der Waals surface area contributed by atoms with E-state index in [-0.39, 0.29) is 24.6 Å². The maximum absolute atomic E-state index is 13.6. The number of hydrogen-bond acceptors (Lipinski definition) is 4. The van der Waals surface area contributed by atoms with Crippen LogP contribution in [0, 0.1) is 0 Å². The first-order valence-electron chi connectivity index (χ1n) is 12.1. The number of amides is 1. The van der Waals surface area contributed by atoms with Crippen molar-refractivity contribution >= 4 is 11.6 Å². The van der Waals surface area contributed by atoms with Crippen molar-refractivity contribution in [3.05, 3.63) is 90.0 Å². The van der Waals surface area contributed by atoms with Crippen LogP contribution in [-0.2, 0) is 30.5 Å². The van der Waals surface area contributed by atoms with Gasteiger partial charge in [0.2, 0.25) is 5.91 Å². The molecule has 1 N–H and O–H groups in total. The summed E-state index contributed by atoms with van der Waals surface area (Å²) < 4.78 is 40.8. The van der Waals surface area contributed by atoms with Crippen LogP contribution in [0.3, 0.4) is 0 Å². The number of anilines is 1. The highest BCUT2D eigenvalue weighted by Crippen LogP contribution is 2.32. The minimum absolute atomic E-state index is 0.00271. The van der Waals surface area contributed by atoms with E-state index in [1.165, 1.54) is 22.6 Å². The molecule has 194 valence electrons. The molecule has 0 saturated carbocycles. The van der Waals surface area contributed by atoms with Gasteiger partial charge in [0.05, 0.1) is 12.1 Å². The molecule has 0 spiro atoms. The number of benzene rings is 2. The SMILES string of the molecule is C=CCN(C)CCN(Cc1ccccc1C(F)(F)F)C(=O)CNc1cccc2c1CN(CC=C)CC2. The zero-order valence-corrected chi connectivity index (χ0v) is 20.9. The van der Waals surface area contributed by atoms with Gasteiger partial charge in [-0.15, -0.1) is 13.2 Å². The molecule has 2 aromatic rings. The Kier molecular flexibility index (Phi) is 9.73. The largest absolute Gasteiger partial charge is 0.416 e. The molecule has 5 nitrogen and oxygen atoms in total. The Morgan fingerprint density at radius 2 is 1.89 bits per heavy atom. The molecule has 0 atom stereocenters. The van der Waals surface area contributed by atoms with Crippen LogP contribution < -0.4 is 5.32 Å². The van der Waals surface area contributed by atoms with E-state index in [0.717, 1.165) is 43.4 Å². The molecule has 3 rings (SSSR count). The van der Waals surface area contributed by atoms with Crippen LogP contribution in [0.1, 0.15) is 22.3 Å². The predicted octanol–water partition coefficient (Wildman–Crippen LogP) is 4.81. The lowest BCUT2D eigenvalue weighted by Crippen LogP contribution is -2.40. The lowest BCUT2D eigenvalue weighted by atomic mass is 9.98. The monoisotopic (exact) mass is 500 g/mol. The summed E-state index contributed by atoms with van der Waals surface area (Å²) in [6.45, 7) is 11.4. The Balaban J connectivity index is 1.76. The molecule has 0 fully saturated rings. The third-order valence-corrected chi connectivity index (χ3v) is 6.40. The van der Waals surface area contributed by atoms with Crippen molar-refractivity contribution in [3.8, 4) is 0 Å². The van der Waals surface area contributed by atoms with Gasteiger partial charge in [0.1, 0.15) is 0 Å². The van der Waals surface area contributed by atoms with Crippen LogP contribution in [-0.4, -0.2) is 66.9 Å². The molecule has 0 aromatic heterocycles. The third kappa shape index (κ3) is 7.45. The van der Waals surface area contributed by atoms with Crippen molar-refractivity contribution in [3.63, 3.8) is 0 Å². The highest BCUT2D eigenvalue weighted by atomic mass is 19.4. The lowest BCUT2D eigenvalue weighted by molar-refractivity contribution is -0.139. The number of hydrogen-bond donors (Lipinski definition) is 1. The van der Waals surface area contributed by atoms with Crippen LogP contribution in [0.2, 0.25) is 0 Å². The summed E-state index contributed by atoms with van der Waals surface area (Å²) in [4.78, 5) is 19.1. The van der Waals surface area contributed by atoms with Crippen molar-refractivity contribution in [2.45, 2.75) is 25.7 Å². The average molecular weight is 501 g/mol. The van der Waals surface area contributed by atoms with Crippen molar-refractivity contribution in [2.75, 3.05) is 51.6 Å². The fourth-order valence-corrected chi connectivity index (χ4v) is 4.46. The number of nitrogens with zero attached hydrogens (tertiary/aromatic N) is 3. The van der Waals surface area contributed by atoms with Gasteiger partial charge in [0, 0.05) is 51.5 Å². The van der Waals surface area contributed by atoms with E-state index in [2.05, 4.69) is 29.4 Å². The first kappa shape index (κ1) is 27.5. The fourth-order valence-electron chi connectivity index (χ4n) is 4.46. The second-order valence-electron chi connectivity index (χ2n) is 9.09. The second-order valence-corrected chi connectivity index (χ2v) is 9.09. The smallest absolute Gasteiger partial charge is 0.376 e. The second kappa shape index (κ2) is 12.7. The molecule has 1 aliphatic rings. The highest BCUT2D eigenvalue weighted by molar-refractivity contribution is 5.81. The number of halogens is 3. The van der Waals surface area contributed by atoms with Gasteiger partial charge in [-0.2, -0.15) is 13.2 Å². The first-order valence-corrected chi connectivity index (χ1v) is 12.1. The van der Waals surface area contributed by atoms with E-state index >= 15 is 0 Å². The molecule has 0 radical (unpaired) electrons. The Bertz CT molecular complexity index is 1050. The summed E-state index contributed by atoms with van der Waals surface area (Å²) >= 11 is 0. The molecule has 0 aliphatic carbocycles. The zero-order valence-electron chi connectivity index (χ0n) is 20.9. The van der Waals surface area contributed by atoms with E-state index in [9.17, 15) is 18.0 Å². The van der Waals surface area contributed by atoms with Crippen LogP contribution in [0.4, 0.5) is 18.9 Å². The summed E-state index contributed by atoms with van der Waals surface area (Å²) in [5, 5.41) is 3.26. The van der Waals surface area contributed by atoms with Gasteiger partial charge in [-0.3, -0.25) is 9.69 Å². The van der Waals surface area contributed by atoms with Gasteiger partial charge in [-0.25, -0.2) is 0 Å². The van der Waals surface area contributed by atoms with E-state index in [1.807, 2.05) is 30.2 Å². The first-order chi connectivity index (χ1) is 17.2. The standard InChI is InChI=1S/C28H35F3N4O/c1-4-14-33(3)17-18-35(20-23-9-6-7-11-25(23)28(29,30)31)27(36)19-32-26-12-8-10-22-13-16-34(15-5-2)21-24(22)26/h4-12,32H,1-2,13-21H2,3H3. The molecule has 0 unspecified atom stereocenters. The summed E-state index contributed by atoms with van der Waals surface area (Å²) in [5.41, 5.74) is 2.65. The lowest BCUT2D eigenvalue weighted by Gasteiger charge is -2.30. The number of carbonyl (C=O) groups excluding carboxylic acids is 1. The zero-order chi connectivity index (χ0) is 26.1. The molecule has 0 saturated heterocycles. The normalized spacial score (nSPS) is 13.8. The maximum Gasteiger partial charge on any atom is 0.416 e. The van der Waals surface area contributed by atoms with Gasteiger partial charge in [-0.05, 0) is 42.3 Å². The molecule has 8 heteroatoms. The van der Waals surface area contributed by atoms with E-state index in [1.54, 1.807) is 12.1 Å². The van der Waals surface area contributed by atoms with E-state index in [4.69, 9.17) is 0 Å². The third-order valence-electron chi connectivity index (χ3n) is 6.40. The highest BCUT2D eigenvalue weighted by Gasteiger charge is 2.33. The minimum Gasteiger partial charge on any atom is -0.376 e. The summed E-state index contributed by atoms with van der Waals surface area (Å²) in [5.74, 6) is -0.254. The Morgan fingerprint density at radius 3 is 2.61 bits per heavy atom. The molecule has 2 aromatic carbocycles. The summed E-state index contributed by atoms with van der Waals surface area (Å²) in [6, 6.07) is 11.5. The summed E-state index contributed by atoms with van der Waals surface area (Å²) in [7, 11) is 1.89. The van der Waals surface area contributed by atoms with Gasteiger partial charge in [-0.1, -0.05) is 42.5 Å². The molecular weight excluding hydrogens is 465 g/mol. The van der Waals surface area contributed by atoms with Gasteiger partial charge < -0.3 is 15.1 Å². The van der Waals surface area contributed by atoms with Crippen molar-refractivity contribution in [1.29, 1.82) is 0 Å². The fraction of sp³-hybridized carbons (Fsp3) is 0.393. The Hall–Kier alpha value is -3.10. The van der Waals surface area contributed by atoms with Crippen LogP contribution >= 0.6 is 0 Å². The number of carbonyl (C=O) groups is 1. The van der Waals surface area contributed by atoms with E-state index in [0.29, 0.717) is 19.6 Å². The van der Waals surface area contributed by atoms with Crippen LogP contribution in [0.5, 0.6) is 0 Å². The average Bonchev–Trinajstić information content (AvgIpc) is 2.85. The Morgan fingerprint density at radius 1 is 1.11 bits per heavy atom. The number of rotatable bonds is 12. The quantitative estimate of drug-likeness (QED) is 0.425. The minimum atomic E-state index is -4.48. The van der Waals surface area contributed by atoms with Crippen molar-refractivity contribution in [1.82, 2.24) is 14.7 Å². The van der Waals surface area contributed by atoms with E-state index < -0.39 is 11.7 Å². The number of likely N-dealkylation sites (N-methyl/N-ethyl adjacent to an activating group) is 1. The van der Waals surface area contributed by atoms with Gasteiger partial charge >= 0.3 is 6.18 Å². The van der Waals surface area contributed by atoms with Crippen LogP contribution in [0.25, 0.3) is 0 Å². The van der Waals surface area contributed by atoms with Gasteiger partial charge in [0.15, 0.2) is 0 Å². The summed E-state index contributed by atoms with van der Waals surface area (Å²) in [6.07, 6.45) is 0.0672. The predicted molar refractivity (Wildman–Crippen MR) is 139 cm³/mol. The number of alkyl halides is 3. The maximum atomic E-state index is 13.6. The molecular formula is C28H35F3N4O. The topological polar surface area (TPSA) is 38.8 Å². The van der Waals surface area contributed by atoms with Crippen molar-refractivity contribution in [2.24, 2.45) is 0 Å². The number of nitrogens with one attached hydrogen (secondary N) is 1. The molecule has 1 aliphatic heterocycles.